The first-order chi connectivity index (χ1) is 20.6. The molecule has 3 aromatic carbocycles. The SMILES string of the molecule is CCNS(=O)(=O)c1ccc(CCC(=O)N(Cc2ccc(F)cc2)[C@H](Cc2ccccc2)C(=O)NCCCOC(C)C)cc1. The normalized spacial score (nSPS) is 12.2. The molecule has 0 aliphatic heterocycles. The first-order valence-corrected chi connectivity index (χ1v) is 16.1. The van der Waals surface area contributed by atoms with Crippen molar-refractivity contribution in [1.82, 2.24) is 14.9 Å². The summed E-state index contributed by atoms with van der Waals surface area (Å²) < 4.78 is 46.3. The molecule has 0 radical (unpaired) electrons. The fourth-order valence-corrected chi connectivity index (χ4v) is 5.61. The summed E-state index contributed by atoms with van der Waals surface area (Å²) in [6.07, 6.45) is 1.49. The van der Waals surface area contributed by atoms with E-state index in [9.17, 15) is 22.4 Å². The fourth-order valence-electron chi connectivity index (χ4n) is 4.56. The van der Waals surface area contributed by atoms with Crippen molar-refractivity contribution in [2.45, 2.75) is 70.0 Å². The number of amides is 2. The quantitative estimate of drug-likeness (QED) is 0.217. The molecule has 0 heterocycles. The van der Waals surface area contributed by atoms with Gasteiger partial charge in [0.25, 0.3) is 0 Å². The first-order valence-electron chi connectivity index (χ1n) is 14.6. The van der Waals surface area contributed by atoms with Gasteiger partial charge in [0.2, 0.25) is 21.8 Å². The minimum atomic E-state index is -3.58. The summed E-state index contributed by atoms with van der Waals surface area (Å²) in [5.74, 6) is -0.904. The number of nitrogens with zero attached hydrogens (tertiary/aromatic N) is 1. The Kier molecular flexibility index (Phi) is 13.3. The van der Waals surface area contributed by atoms with E-state index in [-0.39, 0.29) is 48.1 Å². The Balaban J connectivity index is 1.82. The summed E-state index contributed by atoms with van der Waals surface area (Å²) in [5.41, 5.74) is 2.39. The molecular weight excluding hydrogens is 569 g/mol. The van der Waals surface area contributed by atoms with E-state index in [0.717, 1.165) is 11.1 Å². The highest BCUT2D eigenvalue weighted by Crippen LogP contribution is 2.18. The van der Waals surface area contributed by atoms with Crippen LogP contribution in [0.4, 0.5) is 4.39 Å². The number of hydrogen-bond acceptors (Lipinski definition) is 5. The lowest BCUT2D eigenvalue weighted by atomic mass is 10.0. The van der Waals surface area contributed by atoms with Crippen LogP contribution in [0.5, 0.6) is 0 Å². The maximum Gasteiger partial charge on any atom is 0.243 e. The topological polar surface area (TPSA) is 105 Å². The van der Waals surface area contributed by atoms with Gasteiger partial charge >= 0.3 is 0 Å². The van der Waals surface area contributed by atoms with Gasteiger partial charge in [-0.25, -0.2) is 17.5 Å². The lowest BCUT2D eigenvalue weighted by molar-refractivity contribution is -0.141. The highest BCUT2D eigenvalue weighted by molar-refractivity contribution is 7.89. The Morgan fingerprint density at radius 1 is 0.907 bits per heavy atom. The smallest absolute Gasteiger partial charge is 0.243 e. The molecule has 3 aromatic rings. The van der Waals surface area contributed by atoms with Crippen molar-refractivity contribution >= 4 is 21.8 Å². The Hall–Kier alpha value is -3.60. The molecule has 0 bridgehead atoms. The monoisotopic (exact) mass is 611 g/mol. The molecule has 10 heteroatoms. The van der Waals surface area contributed by atoms with E-state index in [1.807, 2.05) is 44.2 Å². The number of carbonyl (C=O) groups excluding carboxylic acids is 2. The van der Waals surface area contributed by atoms with Gasteiger partial charge in [0, 0.05) is 39.1 Å². The number of rotatable bonds is 17. The van der Waals surface area contributed by atoms with Crippen LogP contribution in [-0.2, 0) is 43.7 Å². The summed E-state index contributed by atoms with van der Waals surface area (Å²) in [6.45, 7) is 6.93. The number of benzene rings is 3. The minimum absolute atomic E-state index is 0.0963. The number of aryl methyl sites for hydroxylation is 1. The van der Waals surface area contributed by atoms with Crippen molar-refractivity contribution in [3.63, 3.8) is 0 Å². The molecule has 0 aliphatic rings. The average molecular weight is 612 g/mol. The largest absolute Gasteiger partial charge is 0.379 e. The van der Waals surface area contributed by atoms with Crippen LogP contribution in [0.25, 0.3) is 0 Å². The highest BCUT2D eigenvalue weighted by Gasteiger charge is 2.30. The number of nitrogens with one attached hydrogen (secondary N) is 2. The van der Waals surface area contributed by atoms with Crippen molar-refractivity contribution in [1.29, 1.82) is 0 Å². The summed E-state index contributed by atoms with van der Waals surface area (Å²) in [7, 11) is -3.58. The summed E-state index contributed by atoms with van der Waals surface area (Å²) in [5, 5.41) is 2.98. The predicted molar refractivity (Wildman–Crippen MR) is 165 cm³/mol. The van der Waals surface area contributed by atoms with Gasteiger partial charge in [0.1, 0.15) is 11.9 Å². The van der Waals surface area contributed by atoms with E-state index in [2.05, 4.69) is 10.0 Å². The van der Waals surface area contributed by atoms with Crippen LogP contribution in [0, 0.1) is 5.82 Å². The minimum Gasteiger partial charge on any atom is -0.379 e. The second-order valence-corrected chi connectivity index (χ2v) is 12.3. The third-order valence-corrected chi connectivity index (χ3v) is 8.37. The van der Waals surface area contributed by atoms with Gasteiger partial charge in [-0.15, -0.1) is 0 Å². The lowest BCUT2D eigenvalue weighted by Gasteiger charge is -2.32. The molecule has 232 valence electrons. The number of hydrogen-bond donors (Lipinski definition) is 2. The van der Waals surface area contributed by atoms with Crippen LogP contribution in [0.3, 0.4) is 0 Å². The molecule has 8 nitrogen and oxygen atoms in total. The Morgan fingerprint density at radius 3 is 2.19 bits per heavy atom. The molecule has 0 spiro atoms. The molecule has 0 aromatic heterocycles. The summed E-state index contributed by atoms with van der Waals surface area (Å²) >= 11 is 0. The van der Waals surface area contributed by atoms with Gasteiger partial charge in [0.15, 0.2) is 0 Å². The number of sulfonamides is 1. The molecule has 1 atom stereocenters. The third-order valence-electron chi connectivity index (χ3n) is 6.80. The van der Waals surface area contributed by atoms with Gasteiger partial charge in [-0.1, -0.05) is 61.5 Å². The van der Waals surface area contributed by atoms with Crippen molar-refractivity contribution in [2.24, 2.45) is 0 Å². The standard InChI is InChI=1S/C33H42FN3O5S/c1-4-36-43(40,41)30-18-13-26(14-19-30)15-20-32(38)37(24-28-11-16-29(34)17-12-28)31(23-27-9-6-5-7-10-27)33(39)35-21-8-22-42-25(2)3/h5-7,9-14,16-19,25,31,36H,4,8,15,20-24H2,1-3H3,(H,35,39)/t31-/m1/s1. The maximum absolute atomic E-state index is 13.8. The fraction of sp³-hybridized carbons (Fsp3) is 0.394. The van der Waals surface area contributed by atoms with Crippen molar-refractivity contribution in [2.75, 3.05) is 19.7 Å². The molecule has 2 N–H and O–H groups in total. The van der Waals surface area contributed by atoms with Crippen LogP contribution in [0.2, 0.25) is 0 Å². The zero-order chi connectivity index (χ0) is 31.2. The number of carbonyl (C=O) groups is 2. The van der Waals surface area contributed by atoms with Crippen LogP contribution in [0.1, 0.15) is 50.3 Å². The van der Waals surface area contributed by atoms with E-state index in [1.165, 1.54) is 24.3 Å². The molecule has 3 rings (SSSR count). The van der Waals surface area contributed by atoms with Crippen molar-refractivity contribution in [3.8, 4) is 0 Å². The second kappa shape index (κ2) is 16.9. The highest BCUT2D eigenvalue weighted by atomic mass is 32.2. The molecule has 2 amide bonds. The second-order valence-electron chi connectivity index (χ2n) is 10.6. The zero-order valence-corrected chi connectivity index (χ0v) is 25.9. The van der Waals surface area contributed by atoms with E-state index in [0.29, 0.717) is 38.0 Å². The summed E-state index contributed by atoms with van der Waals surface area (Å²) in [4.78, 5) is 29.2. The summed E-state index contributed by atoms with van der Waals surface area (Å²) in [6, 6.07) is 21.0. The Labute approximate surface area is 254 Å². The number of halogens is 1. The molecule has 0 aliphatic carbocycles. The van der Waals surface area contributed by atoms with Gasteiger partial charge in [-0.05, 0) is 67.6 Å². The molecule has 43 heavy (non-hydrogen) atoms. The maximum atomic E-state index is 13.8. The van der Waals surface area contributed by atoms with Crippen molar-refractivity contribution < 1.29 is 27.1 Å². The Bertz CT molecular complexity index is 1400. The third kappa shape index (κ3) is 11.2. The van der Waals surface area contributed by atoms with Crippen LogP contribution >= 0.6 is 0 Å². The van der Waals surface area contributed by atoms with E-state index in [1.54, 1.807) is 36.1 Å². The van der Waals surface area contributed by atoms with Crippen LogP contribution < -0.4 is 10.0 Å². The molecule has 0 unspecified atom stereocenters. The molecule has 0 saturated carbocycles. The predicted octanol–water partition coefficient (Wildman–Crippen LogP) is 4.63. The van der Waals surface area contributed by atoms with Crippen LogP contribution in [-0.4, -0.2) is 57.0 Å². The zero-order valence-electron chi connectivity index (χ0n) is 25.1. The van der Waals surface area contributed by atoms with Crippen molar-refractivity contribution in [3.05, 3.63) is 101 Å². The first kappa shape index (κ1) is 33.9. The van der Waals surface area contributed by atoms with Gasteiger partial charge in [-0.2, -0.15) is 0 Å². The van der Waals surface area contributed by atoms with E-state index >= 15 is 0 Å². The van der Waals surface area contributed by atoms with Gasteiger partial charge in [-0.3, -0.25) is 9.59 Å². The lowest BCUT2D eigenvalue weighted by Crippen LogP contribution is -2.50. The van der Waals surface area contributed by atoms with Crippen LogP contribution in [0.15, 0.2) is 83.8 Å². The van der Waals surface area contributed by atoms with E-state index < -0.39 is 16.1 Å². The van der Waals surface area contributed by atoms with Gasteiger partial charge in [0.05, 0.1) is 11.0 Å². The molecule has 0 saturated heterocycles. The van der Waals surface area contributed by atoms with E-state index in [4.69, 9.17) is 4.74 Å². The Morgan fingerprint density at radius 2 is 1.56 bits per heavy atom. The molecular formula is C33H42FN3O5S. The van der Waals surface area contributed by atoms with Gasteiger partial charge < -0.3 is 15.0 Å². The molecule has 0 fully saturated rings. The number of ether oxygens (including phenoxy) is 1. The average Bonchev–Trinajstić information content (AvgIpc) is 2.99.